The van der Waals surface area contributed by atoms with Crippen molar-refractivity contribution in [3.8, 4) is 5.75 Å². The van der Waals surface area contributed by atoms with E-state index in [0.717, 1.165) is 28.1 Å². The molecular weight excluding hydrogens is 533 g/mol. The summed E-state index contributed by atoms with van der Waals surface area (Å²) in [7, 11) is 3.40. The average Bonchev–Trinajstić information content (AvgIpc) is 2.75. The number of carbonyl (C=O) groups excluding carboxylic acids is 1. The summed E-state index contributed by atoms with van der Waals surface area (Å²) in [6.45, 7) is 8.11. The van der Waals surface area contributed by atoms with E-state index in [-0.39, 0.29) is 36.0 Å². The molecule has 0 fully saturated rings. The molecule has 0 aliphatic rings. The Kier molecular flexibility index (Phi) is 13.2. The van der Waals surface area contributed by atoms with Crippen LogP contribution in [0.15, 0.2) is 47.5 Å². The minimum absolute atomic E-state index is 0. The van der Waals surface area contributed by atoms with Gasteiger partial charge in [-0.15, -0.1) is 24.0 Å². The summed E-state index contributed by atoms with van der Waals surface area (Å²) in [6, 6.07) is 13.7. The Bertz CT molecular complexity index is 888. The van der Waals surface area contributed by atoms with Crippen LogP contribution < -0.4 is 26.0 Å². The van der Waals surface area contributed by atoms with Gasteiger partial charge in [0.05, 0.1) is 6.61 Å². The van der Waals surface area contributed by atoms with Gasteiger partial charge in [-0.1, -0.05) is 24.3 Å². The summed E-state index contributed by atoms with van der Waals surface area (Å²) >= 11 is 0. The van der Waals surface area contributed by atoms with E-state index < -0.39 is 0 Å². The standard InChI is InChI=1S/C24H35N5O3.HI/c1-17(2)28-24(30)29-21-10-7-19(8-11-21)15-26-23(25-4)27-16-20-9-6-18(3)14-22(20)32-13-12-31-5;/h6-11,14,17H,12-13,15-16H2,1-5H3,(H2,25,26,27)(H2,28,29,30);1H. The number of carbonyl (C=O) groups is 1. The van der Waals surface area contributed by atoms with E-state index in [4.69, 9.17) is 9.47 Å². The van der Waals surface area contributed by atoms with Crippen LogP contribution in [0.5, 0.6) is 5.75 Å². The molecule has 2 amide bonds. The van der Waals surface area contributed by atoms with E-state index in [1.54, 1.807) is 14.2 Å². The number of anilines is 1. The van der Waals surface area contributed by atoms with Crippen LogP contribution in [0.2, 0.25) is 0 Å². The predicted molar refractivity (Wildman–Crippen MR) is 145 cm³/mol. The molecule has 2 aromatic carbocycles. The van der Waals surface area contributed by atoms with Crippen molar-refractivity contribution in [2.24, 2.45) is 4.99 Å². The van der Waals surface area contributed by atoms with Crippen molar-refractivity contribution in [1.82, 2.24) is 16.0 Å². The van der Waals surface area contributed by atoms with Crippen molar-refractivity contribution in [2.75, 3.05) is 32.7 Å². The summed E-state index contributed by atoms with van der Waals surface area (Å²) in [5.41, 5.74) is 4.00. The van der Waals surface area contributed by atoms with Crippen molar-refractivity contribution in [1.29, 1.82) is 0 Å². The fourth-order valence-electron chi connectivity index (χ4n) is 2.90. The number of rotatable bonds is 10. The summed E-state index contributed by atoms with van der Waals surface area (Å²) in [6.07, 6.45) is 0. The summed E-state index contributed by atoms with van der Waals surface area (Å²) in [5.74, 6) is 1.53. The van der Waals surface area contributed by atoms with Crippen LogP contribution in [0, 0.1) is 6.92 Å². The Morgan fingerprint density at radius 3 is 2.36 bits per heavy atom. The van der Waals surface area contributed by atoms with Crippen molar-refractivity contribution < 1.29 is 14.3 Å². The number of hydrogen-bond acceptors (Lipinski definition) is 4. The van der Waals surface area contributed by atoms with E-state index in [9.17, 15) is 4.79 Å². The maximum atomic E-state index is 11.8. The van der Waals surface area contributed by atoms with Gasteiger partial charge in [-0.25, -0.2) is 4.79 Å². The van der Waals surface area contributed by atoms with E-state index in [2.05, 4.69) is 38.4 Å². The maximum absolute atomic E-state index is 11.8. The number of hydrogen-bond donors (Lipinski definition) is 4. The third kappa shape index (κ3) is 10.8. The first-order valence-electron chi connectivity index (χ1n) is 10.7. The second-order valence-corrected chi connectivity index (χ2v) is 7.68. The molecule has 33 heavy (non-hydrogen) atoms. The molecule has 8 nitrogen and oxygen atoms in total. The van der Waals surface area contributed by atoms with Crippen LogP contribution in [-0.4, -0.2) is 45.4 Å². The molecule has 0 unspecified atom stereocenters. The molecule has 2 aromatic rings. The van der Waals surface area contributed by atoms with Gasteiger partial charge in [-0.2, -0.15) is 0 Å². The molecule has 0 saturated heterocycles. The Labute approximate surface area is 213 Å². The molecule has 2 rings (SSSR count). The minimum Gasteiger partial charge on any atom is -0.491 e. The highest BCUT2D eigenvalue weighted by Gasteiger charge is 2.07. The molecule has 0 aliphatic carbocycles. The summed E-state index contributed by atoms with van der Waals surface area (Å²) in [5, 5.41) is 12.2. The SMILES string of the molecule is CN=C(NCc1ccc(NC(=O)NC(C)C)cc1)NCc1ccc(C)cc1OCCOC.I. The van der Waals surface area contributed by atoms with Crippen LogP contribution >= 0.6 is 24.0 Å². The van der Waals surface area contributed by atoms with Crippen LogP contribution in [0.1, 0.15) is 30.5 Å². The van der Waals surface area contributed by atoms with Crippen molar-refractivity contribution in [3.63, 3.8) is 0 Å². The van der Waals surface area contributed by atoms with E-state index in [1.165, 1.54) is 0 Å². The van der Waals surface area contributed by atoms with Crippen LogP contribution in [0.3, 0.4) is 0 Å². The lowest BCUT2D eigenvalue weighted by molar-refractivity contribution is 0.145. The molecule has 0 aromatic heterocycles. The number of aryl methyl sites for hydroxylation is 1. The average molecular weight is 569 g/mol. The number of aliphatic imine (C=N–C) groups is 1. The highest BCUT2D eigenvalue weighted by Crippen LogP contribution is 2.20. The Hall–Kier alpha value is -2.53. The smallest absolute Gasteiger partial charge is 0.319 e. The fourth-order valence-corrected chi connectivity index (χ4v) is 2.90. The predicted octanol–water partition coefficient (Wildman–Crippen LogP) is 4.03. The fraction of sp³-hybridized carbons (Fsp3) is 0.417. The van der Waals surface area contributed by atoms with Gasteiger partial charge in [0.15, 0.2) is 5.96 Å². The van der Waals surface area contributed by atoms with Gasteiger partial charge in [-0.3, -0.25) is 4.99 Å². The number of halogens is 1. The summed E-state index contributed by atoms with van der Waals surface area (Å²) in [4.78, 5) is 16.1. The van der Waals surface area contributed by atoms with Gasteiger partial charge < -0.3 is 30.7 Å². The molecule has 0 aliphatic heterocycles. The molecule has 0 radical (unpaired) electrons. The van der Waals surface area contributed by atoms with Gasteiger partial charge >= 0.3 is 6.03 Å². The molecule has 9 heteroatoms. The highest BCUT2D eigenvalue weighted by molar-refractivity contribution is 14.0. The first kappa shape index (κ1) is 28.5. The number of amides is 2. The highest BCUT2D eigenvalue weighted by atomic mass is 127. The van der Waals surface area contributed by atoms with E-state index >= 15 is 0 Å². The van der Waals surface area contributed by atoms with E-state index in [1.807, 2.05) is 51.1 Å². The zero-order valence-corrected chi connectivity index (χ0v) is 22.4. The quantitative estimate of drug-likeness (QED) is 0.150. The lowest BCUT2D eigenvalue weighted by Gasteiger charge is -2.16. The second kappa shape index (κ2) is 15.3. The number of nitrogens with one attached hydrogen (secondary N) is 4. The third-order valence-electron chi connectivity index (χ3n) is 4.53. The van der Waals surface area contributed by atoms with Gasteiger partial charge in [0, 0.05) is 44.5 Å². The first-order valence-corrected chi connectivity index (χ1v) is 10.7. The molecule has 182 valence electrons. The topological polar surface area (TPSA) is 96.0 Å². The molecular formula is C24H36IN5O3. The molecule has 0 saturated carbocycles. The van der Waals surface area contributed by atoms with Crippen molar-refractivity contribution >= 4 is 41.7 Å². The number of guanidine groups is 1. The number of ether oxygens (including phenoxy) is 2. The number of benzene rings is 2. The molecule has 0 atom stereocenters. The Balaban J connectivity index is 0.00000544. The van der Waals surface area contributed by atoms with Gasteiger partial charge in [0.25, 0.3) is 0 Å². The zero-order valence-electron chi connectivity index (χ0n) is 20.0. The number of nitrogens with zero attached hydrogens (tertiary/aromatic N) is 1. The van der Waals surface area contributed by atoms with Crippen LogP contribution in [0.25, 0.3) is 0 Å². The Morgan fingerprint density at radius 2 is 1.73 bits per heavy atom. The van der Waals surface area contributed by atoms with Gasteiger partial charge in [0.2, 0.25) is 0 Å². The van der Waals surface area contributed by atoms with Crippen LogP contribution in [0.4, 0.5) is 10.5 Å². The molecule has 0 bridgehead atoms. The zero-order chi connectivity index (χ0) is 23.3. The molecule has 4 N–H and O–H groups in total. The normalized spacial score (nSPS) is 10.9. The summed E-state index contributed by atoms with van der Waals surface area (Å²) < 4.78 is 10.9. The monoisotopic (exact) mass is 569 g/mol. The maximum Gasteiger partial charge on any atom is 0.319 e. The third-order valence-corrected chi connectivity index (χ3v) is 4.53. The molecule has 0 heterocycles. The second-order valence-electron chi connectivity index (χ2n) is 7.68. The van der Waals surface area contributed by atoms with Gasteiger partial charge in [-0.05, 0) is 50.1 Å². The first-order chi connectivity index (χ1) is 15.4. The number of urea groups is 1. The largest absolute Gasteiger partial charge is 0.491 e. The van der Waals surface area contributed by atoms with Crippen molar-refractivity contribution in [3.05, 3.63) is 59.2 Å². The minimum atomic E-state index is -0.211. The molecule has 0 spiro atoms. The van der Waals surface area contributed by atoms with Crippen molar-refractivity contribution in [2.45, 2.75) is 39.9 Å². The Morgan fingerprint density at radius 1 is 1.03 bits per heavy atom. The number of methoxy groups -OCH3 is 1. The van der Waals surface area contributed by atoms with Crippen LogP contribution in [-0.2, 0) is 17.8 Å². The van der Waals surface area contributed by atoms with E-state index in [0.29, 0.717) is 32.3 Å². The lowest BCUT2D eigenvalue weighted by atomic mass is 10.1. The van der Waals surface area contributed by atoms with Gasteiger partial charge in [0.1, 0.15) is 12.4 Å². The lowest BCUT2D eigenvalue weighted by Crippen LogP contribution is -2.36.